The highest BCUT2D eigenvalue weighted by Gasteiger charge is 2.12. The van der Waals surface area contributed by atoms with Gasteiger partial charge in [0.15, 0.2) is 0 Å². The lowest BCUT2D eigenvalue weighted by atomic mass is 10.3. The molecule has 0 aromatic carbocycles. The summed E-state index contributed by atoms with van der Waals surface area (Å²) in [6.07, 6.45) is 2.06. The van der Waals surface area contributed by atoms with Crippen LogP contribution in [0, 0.1) is 0 Å². The number of thioether (sulfide) groups is 1. The van der Waals surface area contributed by atoms with E-state index in [1.54, 1.807) is 30.8 Å². The summed E-state index contributed by atoms with van der Waals surface area (Å²) >= 11 is 1.78. The van der Waals surface area contributed by atoms with Crippen LogP contribution in [0.3, 0.4) is 0 Å². The van der Waals surface area contributed by atoms with Crippen molar-refractivity contribution in [1.29, 1.82) is 0 Å². The fraction of sp³-hybridized carbons (Fsp3) is 0.875. The maximum atomic E-state index is 11.3. The third-order valence-corrected chi connectivity index (χ3v) is 2.18. The molecule has 0 aliphatic carbocycles. The van der Waals surface area contributed by atoms with E-state index in [2.05, 4.69) is 11.6 Å². The fourth-order valence-corrected chi connectivity index (χ4v) is 1.17. The van der Waals surface area contributed by atoms with Crippen LogP contribution in [0.15, 0.2) is 0 Å². The lowest BCUT2D eigenvalue weighted by molar-refractivity contribution is -0.130. The smallest absolute Gasteiger partial charge is 0.238 e. The summed E-state index contributed by atoms with van der Waals surface area (Å²) in [5, 5.41) is 3.15. The molecule has 4 heteroatoms. The topological polar surface area (TPSA) is 32.3 Å². The molecular weight excluding hydrogens is 172 g/mol. The zero-order chi connectivity index (χ0) is 9.56. The van der Waals surface area contributed by atoms with Gasteiger partial charge in [0.1, 0.15) is 0 Å². The standard InChI is InChI=1S/C8H18N2OS/c1-7(8(11)10(2)3)9-5-6-12-4/h7,9H,5-6H2,1-4H3. The van der Waals surface area contributed by atoms with E-state index in [1.807, 2.05) is 6.92 Å². The van der Waals surface area contributed by atoms with Gasteiger partial charge in [-0.1, -0.05) is 0 Å². The number of hydrogen-bond acceptors (Lipinski definition) is 3. The van der Waals surface area contributed by atoms with Gasteiger partial charge in [0.2, 0.25) is 5.91 Å². The molecule has 0 spiro atoms. The Bertz CT molecular complexity index is 139. The van der Waals surface area contributed by atoms with Gasteiger partial charge < -0.3 is 10.2 Å². The van der Waals surface area contributed by atoms with Crippen molar-refractivity contribution < 1.29 is 4.79 Å². The summed E-state index contributed by atoms with van der Waals surface area (Å²) in [5.74, 6) is 1.18. The summed E-state index contributed by atoms with van der Waals surface area (Å²) < 4.78 is 0. The molecule has 0 aromatic rings. The molecule has 1 unspecified atom stereocenters. The Balaban J connectivity index is 3.57. The van der Waals surface area contributed by atoms with E-state index < -0.39 is 0 Å². The van der Waals surface area contributed by atoms with Gasteiger partial charge in [-0.2, -0.15) is 11.8 Å². The number of carbonyl (C=O) groups excluding carboxylic acids is 1. The molecule has 1 amide bonds. The van der Waals surface area contributed by atoms with Gasteiger partial charge in [-0.25, -0.2) is 0 Å². The van der Waals surface area contributed by atoms with Crippen LogP contribution in [0.5, 0.6) is 0 Å². The zero-order valence-electron chi connectivity index (χ0n) is 8.26. The van der Waals surface area contributed by atoms with Gasteiger partial charge >= 0.3 is 0 Å². The maximum absolute atomic E-state index is 11.3. The minimum atomic E-state index is -0.0628. The Hall–Kier alpha value is -0.220. The van der Waals surface area contributed by atoms with E-state index in [-0.39, 0.29) is 11.9 Å². The third-order valence-electron chi connectivity index (χ3n) is 1.57. The summed E-state index contributed by atoms with van der Waals surface area (Å²) in [6.45, 7) is 2.78. The minimum Gasteiger partial charge on any atom is -0.347 e. The lowest BCUT2D eigenvalue weighted by Crippen LogP contribution is -2.42. The predicted octanol–water partition coefficient (Wildman–Crippen LogP) is 0.416. The highest BCUT2D eigenvalue weighted by atomic mass is 32.2. The van der Waals surface area contributed by atoms with Crippen molar-refractivity contribution in [3.05, 3.63) is 0 Å². The molecule has 0 aliphatic rings. The molecular formula is C8H18N2OS. The average Bonchev–Trinajstić information content (AvgIpc) is 2.03. The summed E-state index contributed by atoms with van der Waals surface area (Å²) in [4.78, 5) is 12.9. The molecule has 72 valence electrons. The van der Waals surface area contributed by atoms with E-state index in [0.29, 0.717) is 0 Å². The van der Waals surface area contributed by atoms with Gasteiger partial charge in [0, 0.05) is 26.4 Å². The average molecular weight is 190 g/mol. The van der Waals surface area contributed by atoms with Crippen molar-refractivity contribution in [2.45, 2.75) is 13.0 Å². The van der Waals surface area contributed by atoms with Gasteiger partial charge in [-0.15, -0.1) is 0 Å². The summed E-state index contributed by atoms with van der Waals surface area (Å²) in [7, 11) is 3.55. The zero-order valence-corrected chi connectivity index (χ0v) is 9.07. The predicted molar refractivity (Wildman–Crippen MR) is 54.5 cm³/mol. The first kappa shape index (κ1) is 11.8. The van der Waals surface area contributed by atoms with Gasteiger partial charge in [0.05, 0.1) is 6.04 Å². The number of rotatable bonds is 5. The van der Waals surface area contributed by atoms with Crippen LogP contribution >= 0.6 is 11.8 Å². The molecule has 0 aromatic heterocycles. The van der Waals surface area contributed by atoms with Gasteiger partial charge in [-0.05, 0) is 13.2 Å². The van der Waals surface area contributed by atoms with Gasteiger partial charge in [-0.3, -0.25) is 4.79 Å². The molecule has 0 bridgehead atoms. The van der Waals surface area contributed by atoms with Crippen LogP contribution in [0.4, 0.5) is 0 Å². The second kappa shape index (κ2) is 6.31. The lowest BCUT2D eigenvalue weighted by Gasteiger charge is -2.17. The van der Waals surface area contributed by atoms with Crippen molar-refractivity contribution in [3.8, 4) is 0 Å². The molecule has 0 heterocycles. The number of nitrogens with one attached hydrogen (secondary N) is 1. The van der Waals surface area contributed by atoms with Crippen LogP contribution in [0.1, 0.15) is 6.92 Å². The minimum absolute atomic E-state index is 0.0628. The van der Waals surface area contributed by atoms with Crippen molar-refractivity contribution in [3.63, 3.8) is 0 Å². The maximum Gasteiger partial charge on any atom is 0.238 e. The van der Waals surface area contributed by atoms with Crippen molar-refractivity contribution in [2.24, 2.45) is 0 Å². The first-order valence-electron chi connectivity index (χ1n) is 4.03. The molecule has 0 fully saturated rings. The number of amides is 1. The molecule has 1 N–H and O–H groups in total. The molecule has 0 radical (unpaired) electrons. The van der Waals surface area contributed by atoms with Crippen molar-refractivity contribution in [1.82, 2.24) is 10.2 Å². The fourth-order valence-electron chi connectivity index (χ4n) is 0.852. The van der Waals surface area contributed by atoms with Crippen LogP contribution in [-0.4, -0.2) is 49.5 Å². The Morgan fingerprint density at radius 1 is 1.58 bits per heavy atom. The molecule has 1 atom stereocenters. The van der Waals surface area contributed by atoms with E-state index in [4.69, 9.17) is 0 Å². The highest BCUT2D eigenvalue weighted by molar-refractivity contribution is 7.98. The van der Waals surface area contributed by atoms with Crippen LogP contribution in [0.25, 0.3) is 0 Å². The second-order valence-electron chi connectivity index (χ2n) is 2.90. The molecule has 0 saturated carbocycles. The normalized spacial score (nSPS) is 12.7. The molecule has 12 heavy (non-hydrogen) atoms. The van der Waals surface area contributed by atoms with Crippen molar-refractivity contribution >= 4 is 17.7 Å². The number of likely N-dealkylation sites (N-methyl/N-ethyl adjacent to an activating group) is 1. The van der Waals surface area contributed by atoms with E-state index in [9.17, 15) is 4.79 Å². The molecule has 0 aliphatic heterocycles. The number of carbonyl (C=O) groups is 1. The Morgan fingerprint density at radius 2 is 2.17 bits per heavy atom. The highest BCUT2D eigenvalue weighted by Crippen LogP contribution is 1.91. The molecule has 0 saturated heterocycles. The molecule has 3 nitrogen and oxygen atoms in total. The van der Waals surface area contributed by atoms with Crippen LogP contribution < -0.4 is 5.32 Å². The van der Waals surface area contributed by atoms with E-state index >= 15 is 0 Å². The summed E-state index contributed by atoms with van der Waals surface area (Å²) in [5.41, 5.74) is 0. The number of hydrogen-bond donors (Lipinski definition) is 1. The quantitative estimate of drug-likeness (QED) is 0.638. The van der Waals surface area contributed by atoms with E-state index in [1.165, 1.54) is 0 Å². The SMILES string of the molecule is CSCCNC(C)C(=O)N(C)C. The molecule has 0 rings (SSSR count). The Morgan fingerprint density at radius 3 is 2.58 bits per heavy atom. The first-order chi connectivity index (χ1) is 5.59. The monoisotopic (exact) mass is 190 g/mol. The second-order valence-corrected chi connectivity index (χ2v) is 3.89. The number of nitrogens with zero attached hydrogens (tertiary/aromatic N) is 1. The van der Waals surface area contributed by atoms with E-state index in [0.717, 1.165) is 12.3 Å². The van der Waals surface area contributed by atoms with Crippen LogP contribution in [0.2, 0.25) is 0 Å². The van der Waals surface area contributed by atoms with Crippen molar-refractivity contribution in [2.75, 3.05) is 32.6 Å². The van der Waals surface area contributed by atoms with Gasteiger partial charge in [0.25, 0.3) is 0 Å². The first-order valence-corrected chi connectivity index (χ1v) is 5.42. The summed E-state index contributed by atoms with van der Waals surface area (Å²) in [6, 6.07) is -0.0628. The third kappa shape index (κ3) is 4.62. The largest absolute Gasteiger partial charge is 0.347 e. The Labute approximate surface area is 78.9 Å². The Kier molecular flexibility index (Phi) is 6.20. The van der Waals surface area contributed by atoms with Crippen LogP contribution in [-0.2, 0) is 4.79 Å².